The van der Waals surface area contributed by atoms with Crippen molar-refractivity contribution >= 4 is 11.6 Å². The van der Waals surface area contributed by atoms with Crippen LogP contribution < -0.4 is 9.47 Å². The van der Waals surface area contributed by atoms with Crippen LogP contribution in [-0.4, -0.2) is 43.0 Å². The lowest BCUT2D eigenvalue weighted by atomic mass is 10.1. The molecule has 138 valence electrons. The summed E-state index contributed by atoms with van der Waals surface area (Å²) >= 11 is 0. The molecule has 0 aliphatic carbocycles. The summed E-state index contributed by atoms with van der Waals surface area (Å²) in [5.74, 6) is 0.798. The third-order valence-corrected chi connectivity index (χ3v) is 3.96. The lowest BCUT2D eigenvalue weighted by Gasteiger charge is -2.19. The van der Waals surface area contributed by atoms with Gasteiger partial charge >= 0.3 is 0 Å². The Labute approximate surface area is 152 Å². The standard InChI is InChI=1S/C19H22N2O5/c1-14-7-4-5-8-17(14)26-12-6-11-20(2)19(22)16-13-15(21(23)24)9-10-18(16)25-3/h4-5,7-10,13H,6,11-12H2,1-3H3. The van der Waals surface area contributed by atoms with Crippen LogP contribution in [0.3, 0.4) is 0 Å². The van der Waals surface area contributed by atoms with Gasteiger partial charge in [0.1, 0.15) is 11.5 Å². The summed E-state index contributed by atoms with van der Waals surface area (Å²) in [5, 5.41) is 10.9. The predicted molar refractivity (Wildman–Crippen MR) is 97.9 cm³/mol. The highest BCUT2D eigenvalue weighted by Crippen LogP contribution is 2.25. The zero-order valence-corrected chi connectivity index (χ0v) is 15.1. The van der Waals surface area contributed by atoms with Gasteiger partial charge in [-0.1, -0.05) is 18.2 Å². The molecular weight excluding hydrogens is 336 g/mol. The third-order valence-electron chi connectivity index (χ3n) is 3.96. The number of nitro benzene ring substituents is 1. The van der Waals surface area contributed by atoms with E-state index in [1.54, 1.807) is 7.05 Å². The maximum absolute atomic E-state index is 12.6. The monoisotopic (exact) mass is 358 g/mol. The highest BCUT2D eigenvalue weighted by atomic mass is 16.6. The number of carbonyl (C=O) groups excluding carboxylic acids is 1. The number of amides is 1. The number of non-ortho nitro benzene ring substituents is 1. The fourth-order valence-corrected chi connectivity index (χ4v) is 2.49. The lowest BCUT2D eigenvalue weighted by Crippen LogP contribution is -2.29. The number of benzene rings is 2. The molecule has 0 fully saturated rings. The zero-order chi connectivity index (χ0) is 19.1. The molecule has 0 unspecified atom stereocenters. The molecule has 7 heteroatoms. The summed E-state index contributed by atoms with van der Waals surface area (Å²) in [4.78, 5) is 24.5. The number of nitro groups is 1. The van der Waals surface area contributed by atoms with Crippen LogP contribution >= 0.6 is 0 Å². The molecule has 2 aromatic carbocycles. The van der Waals surface area contributed by atoms with E-state index in [4.69, 9.17) is 9.47 Å². The average molecular weight is 358 g/mol. The maximum atomic E-state index is 12.6. The summed E-state index contributed by atoms with van der Waals surface area (Å²) in [7, 11) is 3.07. The summed E-state index contributed by atoms with van der Waals surface area (Å²) in [6.45, 7) is 2.89. The molecule has 0 aromatic heterocycles. The van der Waals surface area contributed by atoms with E-state index in [0.29, 0.717) is 25.3 Å². The molecule has 2 rings (SSSR count). The van der Waals surface area contributed by atoms with E-state index < -0.39 is 4.92 Å². The lowest BCUT2D eigenvalue weighted by molar-refractivity contribution is -0.384. The molecule has 1 amide bonds. The minimum Gasteiger partial charge on any atom is -0.496 e. The van der Waals surface area contributed by atoms with Crippen LogP contribution in [0, 0.1) is 17.0 Å². The number of carbonyl (C=O) groups is 1. The van der Waals surface area contributed by atoms with E-state index in [1.807, 2.05) is 31.2 Å². The van der Waals surface area contributed by atoms with Gasteiger partial charge in [-0.05, 0) is 31.0 Å². The minimum atomic E-state index is -0.535. The first kappa shape index (κ1) is 19.2. The van der Waals surface area contributed by atoms with E-state index >= 15 is 0 Å². The molecular formula is C19H22N2O5. The molecule has 0 aliphatic heterocycles. The van der Waals surface area contributed by atoms with E-state index in [2.05, 4.69) is 0 Å². The molecule has 0 heterocycles. The van der Waals surface area contributed by atoms with Crippen LogP contribution in [-0.2, 0) is 0 Å². The summed E-state index contributed by atoms with van der Waals surface area (Å²) in [6, 6.07) is 11.7. The molecule has 2 aromatic rings. The Morgan fingerprint density at radius 3 is 2.58 bits per heavy atom. The fraction of sp³-hybridized carbons (Fsp3) is 0.316. The van der Waals surface area contributed by atoms with Crippen LogP contribution in [0.5, 0.6) is 11.5 Å². The van der Waals surface area contributed by atoms with Crippen molar-refractivity contribution in [3.8, 4) is 11.5 Å². The van der Waals surface area contributed by atoms with Crippen LogP contribution in [0.15, 0.2) is 42.5 Å². The molecule has 0 aliphatic rings. The molecule has 0 radical (unpaired) electrons. The van der Waals surface area contributed by atoms with Crippen LogP contribution in [0.25, 0.3) is 0 Å². The second-order valence-electron chi connectivity index (χ2n) is 5.84. The summed E-state index contributed by atoms with van der Waals surface area (Å²) in [5.41, 5.74) is 1.08. The van der Waals surface area contributed by atoms with Gasteiger partial charge in [-0.3, -0.25) is 14.9 Å². The van der Waals surface area contributed by atoms with Crippen molar-refractivity contribution < 1.29 is 19.2 Å². The predicted octanol–water partition coefficient (Wildman–Crippen LogP) is 3.45. The number of hydrogen-bond acceptors (Lipinski definition) is 5. The highest BCUT2D eigenvalue weighted by Gasteiger charge is 2.20. The van der Waals surface area contributed by atoms with Crippen molar-refractivity contribution in [2.75, 3.05) is 27.3 Å². The van der Waals surface area contributed by atoms with Crippen LogP contribution in [0.2, 0.25) is 0 Å². The van der Waals surface area contributed by atoms with Gasteiger partial charge in [0.2, 0.25) is 0 Å². The Kier molecular flexibility index (Phi) is 6.54. The van der Waals surface area contributed by atoms with Crippen molar-refractivity contribution in [1.29, 1.82) is 0 Å². The number of ether oxygens (including phenoxy) is 2. The zero-order valence-electron chi connectivity index (χ0n) is 15.1. The molecule has 0 saturated heterocycles. The van der Waals surface area contributed by atoms with Gasteiger partial charge < -0.3 is 14.4 Å². The van der Waals surface area contributed by atoms with Crippen LogP contribution in [0.4, 0.5) is 5.69 Å². The molecule has 7 nitrogen and oxygen atoms in total. The normalized spacial score (nSPS) is 10.3. The molecule has 0 spiro atoms. The van der Waals surface area contributed by atoms with E-state index in [9.17, 15) is 14.9 Å². The first-order valence-electron chi connectivity index (χ1n) is 8.20. The number of hydrogen-bond donors (Lipinski definition) is 0. The van der Waals surface area contributed by atoms with Gasteiger partial charge in [0.25, 0.3) is 11.6 Å². The van der Waals surface area contributed by atoms with Gasteiger partial charge in [0.15, 0.2) is 0 Å². The Bertz CT molecular complexity index is 791. The molecule has 26 heavy (non-hydrogen) atoms. The number of aryl methyl sites for hydroxylation is 1. The quantitative estimate of drug-likeness (QED) is 0.410. The topological polar surface area (TPSA) is 81.9 Å². The largest absolute Gasteiger partial charge is 0.496 e. The Hall–Kier alpha value is -3.09. The first-order valence-corrected chi connectivity index (χ1v) is 8.20. The van der Waals surface area contributed by atoms with E-state index in [-0.39, 0.29) is 17.2 Å². The Morgan fingerprint density at radius 2 is 1.92 bits per heavy atom. The molecule has 0 bridgehead atoms. The maximum Gasteiger partial charge on any atom is 0.270 e. The average Bonchev–Trinajstić information content (AvgIpc) is 2.65. The van der Waals surface area contributed by atoms with E-state index in [1.165, 1.54) is 30.2 Å². The number of rotatable bonds is 8. The van der Waals surface area contributed by atoms with Crippen molar-refractivity contribution in [3.05, 3.63) is 63.7 Å². The second kappa shape index (κ2) is 8.84. The fourth-order valence-electron chi connectivity index (χ4n) is 2.49. The highest BCUT2D eigenvalue weighted by molar-refractivity contribution is 5.97. The Balaban J connectivity index is 1.96. The van der Waals surface area contributed by atoms with Crippen molar-refractivity contribution in [2.45, 2.75) is 13.3 Å². The first-order chi connectivity index (χ1) is 12.4. The summed E-state index contributed by atoms with van der Waals surface area (Å²) < 4.78 is 10.9. The number of para-hydroxylation sites is 1. The summed E-state index contributed by atoms with van der Waals surface area (Å²) in [6.07, 6.45) is 0.633. The van der Waals surface area contributed by atoms with Gasteiger partial charge in [0, 0.05) is 25.7 Å². The van der Waals surface area contributed by atoms with Gasteiger partial charge in [-0.25, -0.2) is 0 Å². The van der Waals surface area contributed by atoms with E-state index in [0.717, 1.165) is 11.3 Å². The second-order valence-corrected chi connectivity index (χ2v) is 5.84. The molecule has 0 atom stereocenters. The van der Waals surface area contributed by atoms with Crippen molar-refractivity contribution in [1.82, 2.24) is 4.90 Å². The van der Waals surface area contributed by atoms with Gasteiger partial charge in [0.05, 0.1) is 24.2 Å². The van der Waals surface area contributed by atoms with Gasteiger partial charge in [-0.15, -0.1) is 0 Å². The van der Waals surface area contributed by atoms with Crippen molar-refractivity contribution in [2.24, 2.45) is 0 Å². The van der Waals surface area contributed by atoms with Gasteiger partial charge in [-0.2, -0.15) is 0 Å². The Morgan fingerprint density at radius 1 is 1.19 bits per heavy atom. The number of methoxy groups -OCH3 is 1. The smallest absolute Gasteiger partial charge is 0.270 e. The molecule has 0 saturated carbocycles. The third kappa shape index (κ3) is 4.72. The SMILES string of the molecule is COc1ccc([N+](=O)[O-])cc1C(=O)N(C)CCCOc1ccccc1C. The minimum absolute atomic E-state index is 0.148. The van der Waals surface area contributed by atoms with Crippen LogP contribution in [0.1, 0.15) is 22.3 Å². The molecule has 0 N–H and O–H groups in total. The van der Waals surface area contributed by atoms with Crippen molar-refractivity contribution in [3.63, 3.8) is 0 Å². The number of nitrogens with zero attached hydrogens (tertiary/aromatic N) is 2.